The number of nitrogens with zero attached hydrogens (tertiary/aromatic N) is 1. The lowest BCUT2D eigenvalue weighted by molar-refractivity contribution is -0.660. The lowest BCUT2D eigenvalue weighted by Gasteiger charge is -2.20. The Morgan fingerprint density at radius 3 is 2.55 bits per heavy atom. The van der Waals surface area contributed by atoms with E-state index in [1.807, 2.05) is 42.8 Å². The van der Waals surface area contributed by atoms with Crippen LogP contribution in [-0.2, 0) is 18.8 Å². The molecule has 1 aromatic carbocycles. The number of hydrogen-bond donors (Lipinski definition) is 0. The summed E-state index contributed by atoms with van der Waals surface area (Å²) < 4.78 is 40.9. The summed E-state index contributed by atoms with van der Waals surface area (Å²) in [7, 11) is 1.89. The fourth-order valence-corrected chi connectivity index (χ4v) is 2.37. The minimum Gasteiger partial charge on any atom is -0.201 e. The maximum absolute atomic E-state index is 7.84. The van der Waals surface area contributed by atoms with E-state index in [9.17, 15) is 0 Å². The first-order valence-corrected chi connectivity index (χ1v) is 6.87. The molecule has 0 atom stereocenters. The van der Waals surface area contributed by atoms with Crippen LogP contribution in [0.1, 0.15) is 51.2 Å². The third-order valence-corrected chi connectivity index (χ3v) is 3.65. The van der Waals surface area contributed by atoms with Crippen molar-refractivity contribution in [1.29, 1.82) is 0 Å². The molecule has 2 aromatic rings. The van der Waals surface area contributed by atoms with Gasteiger partial charge >= 0.3 is 0 Å². The highest BCUT2D eigenvalue weighted by molar-refractivity contribution is 5.62. The molecule has 1 nitrogen and oxygen atoms in total. The van der Waals surface area contributed by atoms with E-state index in [0.717, 1.165) is 22.4 Å². The normalized spacial score (nSPS) is 16.8. The van der Waals surface area contributed by atoms with Gasteiger partial charge in [0.15, 0.2) is 6.20 Å². The van der Waals surface area contributed by atoms with Crippen LogP contribution in [-0.4, -0.2) is 0 Å². The van der Waals surface area contributed by atoms with Gasteiger partial charge in [0.25, 0.3) is 0 Å². The van der Waals surface area contributed by atoms with E-state index >= 15 is 0 Å². The molecule has 20 heavy (non-hydrogen) atoms. The molecule has 0 radical (unpaired) electrons. The van der Waals surface area contributed by atoms with Crippen molar-refractivity contribution in [1.82, 2.24) is 0 Å². The van der Waals surface area contributed by atoms with Crippen molar-refractivity contribution in [3.05, 3.63) is 53.2 Å². The van der Waals surface area contributed by atoms with E-state index in [2.05, 4.69) is 0 Å². The number of rotatable bonds is 2. The number of hydrogen-bond acceptors (Lipinski definition) is 0. The molecule has 0 saturated carbocycles. The minimum atomic E-state index is -2.07. The van der Waals surface area contributed by atoms with Gasteiger partial charge in [-0.25, -0.2) is 4.57 Å². The second kappa shape index (κ2) is 5.40. The highest BCUT2D eigenvalue weighted by Crippen LogP contribution is 2.28. The van der Waals surface area contributed by atoms with E-state index in [1.54, 1.807) is 33.0 Å². The fraction of sp³-hybridized carbons (Fsp3) is 0.421. The summed E-state index contributed by atoms with van der Waals surface area (Å²) in [5.74, 6) is 0. The molecule has 0 N–H and O–H groups in total. The molecule has 0 amide bonds. The van der Waals surface area contributed by atoms with Gasteiger partial charge in [-0.3, -0.25) is 0 Å². The van der Waals surface area contributed by atoms with Gasteiger partial charge in [-0.05, 0) is 42.0 Å². The number of aryl methyl sites for hydroxylation is 3. The van der Waals surface area contributed by atoms with Crippen molar-refractivity contribution in [2.24, 2.45) is 7.05 Å². The van der Waals surface area contributed by atoms with Gasteiger partial charge < -0.3 is 0 Å². The molecule has 106 valence electrons. The van der Waals surface area contributed by atoms with Gasteiger partial charge in [0, 0.05) is 24.0 Å². The average Bonchev–Trinajstić information content (AvgIpc) is 2.45. The van der Waals surface area contributed by atoms with E-state index in [1.165, 1.54) is 0 Å². The highest BCUT2D eigenvalue weighted by Gasteiger charge is 2.17. The van der Waals surface area contributed by atoms with Crippen molar-refractivity contribution in [2.75, 3.05) is 0 Å². The summed E-state index contributed by atoms with van der Waals surface area (Å²) in [6.45, 7) is 4.93. The summed E-state index contributed by atoms with van der Waals surface area (Å²) in [6.07, 6.45) is 0.411. The van der Waals surface area contributed by atoms with Crippen LogP contribution in [0.15, 0.2) is 36.5 Å². The van der Waals surface area contributed by atoms with Crippen LogP contribution in [0, 0.1) is 6.92 Å². The molecular weight excluding hydrogens is 242 g/mol. The first kappa shape index (κ1) is 9.33. The maximum atomic E-state index is 7.84. The van der Waals surface area contributed by atoms with Crippen LogP contribution in [0.3, 0.4) is 0 Å². The Hall–Kier alpha value is -1.63. The average molecular weight is 273 g/mol. The molecule has 0 aliphatic rings. The lowest BCUT2D eigenvalue weighted by Crippen LogP contribution is -2.31. The van der Waals surface area contributed by atoms with E-state index < -0.39 is 18.6 Å². The SMILES string of the molecule is [2H]C([2H])(C)c1ccc(-c2ccc(C(C)(C)C([2H])([2H])[2H])cc2C)[n+](C)c1. The topological polar surface area (TPSA) is 3.88 Å². The predicted octanol–water partition coefficient (Wildman–Crippen LogP) is 4.35. The molecule has 1 heterocycles. The molecule has 2 rings (SSSR count). The molecule has 0 fully saturated rings. The summed E-state index contributed by atoms with van der Waals surface area (Å²) in [5, 5.41) is 0. The fourth-order valence-electron chi connectivity index (χ4n) is 2.37. The second-order valence-electron chi connectivity index (χ2n) is 5.82. The summed E-state index contributed by atoms with van der Waals surface area (Å²) in [4.78, 5) is 0. The molecule has 0 aliphatic heterocycles. The van der Waals surface area contributed by atoms with E-state index in [0.29, 0.717) is 5.56 Å². The Morgan fingerprint density at radius 1 is 1.25 bits per heavy atom. The van der Waals surface area contributed by atoms with Gasteiger partial charge in [0.1, 0.15) is 7.05 Å². The molecule has 0 unspecified atom stereocenters. The first-order valence-electron chi connectivity index (χ1n) is 9.37. The quantitative estimate of drug-likeness (QED) is 0.716. The lowest BCUT2D eigenvalue weighted by atomic mass is 9.85. The van der Waals surface area contributed by atoms with Gasteiger partial charge in [-0.1, -0.05) is 39.8 Å². The van der Waals surface area contributed by atoms with Crippen LogP contribution in [0.25, 0.3) is 11.3 Å². The molecule has 1 heteroatoms. The molecule has 0 saturated heterocycles. The number of aromatic nitrogens is 1. The molecular formula is C19H26N+. The highest BCUT2D eigenvalue weighted by atomic mass is 14.9. The predicted molar refractivity (Wildman–Crippen MR) is 85.9 cm³/mol. The number of benzene rings is 1. The third-order valence-electron chi connectivity index (χ3n) is 3.65. The summed E-state index contributed by atoms with van der Waals surface area (Å²) >= 11 is 0. The summed E-state index contributed by atoms with van der Waals surface area (Å²) in [5.41, 5.74) is 3.47. The zero-order valence-corrected chi connectivity index (χ0v) is 12.9. The summed E-state index contributed by atoms with van der Waals surface area (Å²) in [6, 6.07) is 9.48. The van der Waals surface area contributed by atoms with Gasteiger partial charge in [-0.15, -0.1) is 0 Å². The third kappa shape index (κ3) is 2.92. The largest absolute Gasteiger partial charge is 0.212 e. The maximum Gasteiger partial charge on any atom is 0.212 e. The number of pyridine rings is 1. The van der Waals surface area contributed by atoms with Crippen LogP contribution >= 0.6 is 0 Å². The van der Waals surface area contributed by atoms with Crippen LogP contribution < -0.4 is 4.57 Å². The van der Waals surface area contributed by atoms with Crippen LogP contribution in [0.5, 0.6) is 0 Å². The second-order valence-corrected chi connectivity index (χ2v) is 5.82. The van der Waals surface area contributed by atoms with Gasteiger partial charge in [-0.2, -0.15) is 0 Å². The Balaban J connectivity index is 2.50. The molecule has 0 aliphatic carbocycles. The van der Waals surface area contributed by atoms with Crippen molar-refractivity contribution in [3.63, 3.8) is 0 Å². The molecule has 0 bridgehead atoms. The smallest absolute Gasteiger partial charge is 0.201 e. The Bertz CT molecular complexity index is 785. The Kier molecular flexibility index (Phi) is 2.52. The first-order chi connectivity index (χ1) is 11.2. The van der Waals surface area contributed by atoms with E-state index in [-0.39, 0.29) is 0 Å². The van der Waals surface area contributed by atoms with Crippen molar-refractivity contribution in [3.8, 4) is 11.3 Å². The van der Waals surface area contributed by atoms with Gasteiger partial charge in [0.2, 0.25) is 5.69 Å². The Morgan fingerprint density at radius 2 is 2.00 bits per heavy atom. The van der Waals surface area contributed by atoms with Crippen LogP contribution in [0.4, 0.5) is 0 Å². The monoisotopic (exact) mass is 273 g/mol. The zero-order chi connectivity index (χ0) is 19.2. The van der Waals surface area contributed by atoms with Crippen molar-refractivity contribution in [2.45, 2.75) is 46.3 Å². The van der Waals surface area contributed by atoms with E-state index in [4.69, 9.17) is 6.85 Å². The van der Waals surface area contributed by atoms with Crippen molar-refractivity contribution < 1.29 is 11.4 Å². The molecule has 0 spiro atoms. The molecule has 1 aromatic heterocycles. The van der Waals surface area contributed by atoms with Crippen molar-refractivity contribution >= 4 is 0 Å². The Labute approximate surface area is 130 Å². The zero-order valence-electron chi connectivity index (χ0n) is 17.9. The van der Waals surface area contributed by atoms with Crippen LogP contribution in [0.2, 0.25) is 0 Å². The minimum absolute atomic E-state index is 0.622. The van der Waals surface area contributed by atoms with Gasteiger partial charge in [0.05, 0.1) is 0 Å². The standard InChI is InChI=1S/C19H26N/c1-7-15-8-11-18(20(6)13-15)17-10-9-16(12-14(17)2)19(3,4)5/h8-13H,7H2,1-6H3/q+1/i3D3,7D2.